The molecule has 4 aromatic rings. The monoisotopic (exact) mass is 1080 g/mol. The van der Waals surface area contributed by atoms with Gasteiger partial charge in [0, 0.05) is 49.3 Å². The summed E-state index contributed by atoms with van der Waals surface area (Å²) in [6.45, 7) is 25.2. The predicted molar refractivity (Wildman–Crippen MR) is 298 cm³/mol. The van der Waals surface area contributed by atoms with Crippen LogP contribution in [0.4, 0.5) is 19.4 Å². The minimum Gasteiger partial charge on any atom is -0.468 e. The molecule has 5 fully saturated rings. The van der Waals surface area contributed by atoms with Gasteiger partial charge in [0.1, 0.15) is 48.9 Å². The Morgan fingerprint density at radius 1 is 0.883 bits per heavy atom. The molecule has 2 bridgehead atoms. The molecule has 1 spiro atoms. The highest BCUT2D eigenvalue weighted by atomic mass is 28.3. The lowest BCUT2D eigenvalue weighted by molar-refractivity contribution is -0.151. The Balaban J connectivity index is 1.05. The molecule has 2 aromatic carbocycles. The number of ether oxygens (including phenoxy) is 6. The first-order valence-electron chi connectivity index (χ1n) is 28.3. The summed E-state index contributed by atoms with van der Waals surface area (Å²) in [5.41, 5.74) is 4.66. The molecule has 2 saturated carbocycles. The summed E-state index contributed by atoms with van der Waals surface area (Å²) in [6.07, 6.45) is 11.3. The molecule has 5 heterocycles. The number of esters is 1. The van der Waals surface area contributed by atoms with Crippen LogP contribution in [0.5, 0.6) is 11.8 Å². The van der Waals surface area contributed by atoms with Crippen LogP contribution in [0.15, 0.2) is 30.5 Å². The van der Waals surface area contributed by atoms with Gasteiger partial charge in [0.2, 0.25) is 0 Å². The number of hydrogen-bond acceptors (Lipinski definition) is 13. The topological polar surface area (TPSA) is 138 Å². The molecule has 2 aromatic heterocycles. The van der Waals surface area contributed by atoms with Gasteiger partial charge in [-0.3, -0.25) is 9.88 Å². The van der Waals surface area contributed by atoms with E-state index in [2.05, 4.69) is 62.8 Å². The molecule has 9 rings (SSSR count). The van der Waals surface area contributed by atoms with E-state index in [4.69, 9.17) is 43.4 Å². The lowest BCUT2D eigenvalue weighted by Gasteiger charge is -2.46. The molecule has 17 heteroatoms. The Hall–Kier alpha value is -5.15. The first-order valence-corrected chi connectivity index (χ1v) is 30.6. The van der Waals surface area contributed by atoms with Crippen LogP contribution in [0.2, 0.25) is 16.6 Å². The third-order valence-corrected chi connectivity index (χ3v) is 23.9. The molecule has 3 saturated heterocycles. The van der Waals surface area contributed by atoms with Crippen LogP contribution < -0.4 is 14.4 Å². The first-order chi connectivity index (χ1) is 36.7. The van der Waals surface area contributed by atoms with Crippen molar-refractivity contribution in [3.8, 4) is 34.5 Å². The number of fused-ring (bicyclic) bond motifs is 4. The number of nitrogens with zero attached hydrogens (tertiary/aromatic N) is 6. The van der Waals surface area contributed by atoms with Crippen LogP contribution in [0, 0.1) is 33.9 Å². The number of hydrogen-bond donors (Lipinski definition) is 0. The standard InChI is InChI=1S/C60H82F2N6O8Si/c1-12-72-50(69)34-73-44-17-20-59(21-18-44)24-26-66(27-25-59)35-60(22-23-60)36-74-56-64-54-48(55(65-56)67-32-42-14-15-43(33-67)68(42)57(70)76-58(8,9)10)31-63-53(52(54)62)47-30-45(75-37-71-11)29-41-13-16-49(61)46(51(41)47)19-28-77(38(2)3,39(4)5)40(6)7/h13,16,29-31,38-40,42-44H,12,14-15,17-18,20-27,32-37H2,1-11H3. The molecule has 418 valence electrons. The largest absolute Gasteiger partial charge is 0.468 e. The van der Waals surface area contributed by atoms with E-state index < -0.39 is 25.3 Å². The fourth-order valence-corrected chi connectivity index (χ4v) is 18.6. The Morgan fingerprint density at radius 3 is 2.17 bits per heavy atom. The van der Waals surface area contributed by atoms with Crippen LogP contribution in [0.25, 0.3) is 32.9 Å². The summed E-state index contributed by atoms with van der Waals surface area (Å²) in [7, 11) is -0.811. The molecule has 0 N–H and O–H groups in total. The van der Waals surface area contributed by atoms with Crippen LogP contribution in [-0.2, 0) is 23.7 Å². The maximum atomic E-state index is 18.2. The lowest BCUT2D eigenvalue weighted by Crippen LogP contribution is -2.57. The van der Waals surface area contributed by atoms with Gasteiger partial charge in [0.15, 0.2) is 12.6 Å². The maximum Gasteiger partial charge on any atom is 0.410 e. The summed E-state index contributed by atoms with van der Waals surface area (Å²) in [5.74, 6) is 2.73. The molecule has 77 heavy (non-hydrogen) atoms. The summed E-state index contributed by atoms with van der Waals surface area (Å²) in [6, 6.07) is 6.33. The molecule has 14 nitrogen and oxygen atoms in total. The van der Waals surface area contributed by atoms with Crippen LogP contribution in [0.3, 0.4) is 0 Å². The fraction of sp³-hybridized carbons (Fsp3) is 0.650. The van der Waals surface area contributed by atoms with E-state index in [0.717, 1.165) is 83.8 Å². The van der Waals surface area contributed by atoms with Gasteiger partial charge in [-0.1, -0.05) is 53.5 Å². The molecule has 2 unspecified atom stereocenters. The second-order valence-electron chi connectivity index (χ2n) is 24.8. The van der Waals surface area contributed by atoms with Crippen molar-refractivity contribution in [2.75, 3.05) is 71.3 Å². The molecule has 3 aliphatic heterocycles. The molecule has 1 amide bonds. The van der Waals surface area contributed by atoms with Crippen LogP contribution in [-0.4, -0.2) is 135 Å². The Kier molecular flexibility index (Phi) is 16.8. The molecule has 5 aliphatic rings. The van der Waals surface area contributed by atoms with Gasteiger partial charge in [-0.15, -0.1) is 5.54 Å². The predicted octanol–water partition coefficient (Wildman–Crippen LogP) is 12.0. The number of piperazine rings is 1. The minimum absolute atomic E-state index is 0.0180. The summed E-state index contributed by atoms with van der Waals surface area (Å²) < 4.78 is 69.5. The van der Waals surface area contributed by atoms with E-state index in [0.29, 0.717) is 81.6 Å². The number of piperidine rings is 1. The van der Waals surface area contributed by atoms with E-state index >= 15 is 8.78 Å². The average Bonchev–Trinajstić information content (AvgIpc) is 4.12. The SMILES string of the molecule is CCOC(=O)COC1CCC2(CC1)CCN(CC1(COc3nc(N4CC5CCC(C4)N5C(=O)OC(C)(C)C)c4cnc(-c5cc(OCOC)cc6ccc(F)c(C#C[Si](C(C)C)(C(C)C)C(C)C)c56)c(F)c4n3)CC1)CC2. The van der Waals surface area contributed by atoms with E-state index in [1.807, 2.05) is 25.7 Å². The molecule has 2 atom stereocenters. The van der Waals surface area contributed by atoms with Crippen molar-refractivity contribution >= 4 is 47.6 Å². The van der Waals surface area contributed by atoms with Crippen LogP contribution in [0.1, 0.15) is 139 Å². The number of carbonyl (C=O) groups is 2. The fourth-order valence-electron chi connectivity index (χ4n) is 13.4. The molecular formula is C60H82F2N6O8Si. The minimum atomic E-state index is -2.34. The van der Waals surface area contributed by atoms with Gasteiger partial charge in [-0.2, -0.15) is 9.97 Å². The van der Waals surface area contributed by atoms with E-state index in [1.54, 1.807) is 31.3 Å². The van der Waals surface area contributed by atoms with Crippen molar-refractivity contribution in [3.05, 3.63) is 47.7 Å². The smallest absolute Gasteiger partial charge is 0.410 e. The zero-order chi connectivity index (χ0) is 55.0. The van der Waals surface area contributed by atoms with Crippen molar-refractivity contribution in [1.82, 2.24) is 24.8 Å². The van der Waals surface area contributed by atoms with Gasteiger partial charge < -0.3 is 38.2 Å². The quantitative estimate of drug-likeness (QED) is 0.0429. The third-order valence-electron chi connectivity index (χ3n) is 17.6. The number of likely N-dealkylation sites (tertiary alicyclic amines) is 1. The zero-order valence-corrected chi connectivity index (χ0v) is 48.5. The second kappa shape index (κ2) is 22.9. The van der Waals surface area contributed by atoms with Crippen molar-refractivity contribution < 1.29 is 46.8 Å². The highest BCUT2D eigenvalue weighted by Crippen LogP contribution is 2.50. The number of anilines is 1. The number of carbonyl (C=O) groups excluding carboxylic acids is 2. The number of halogens is 2. The van der Waals surface area contributed by atoms with E-state index in [9.17, 15) is 9.59 Å². The van der Waals surface area contributed by atoms with Gasteiger partial charge in [-0.25, -0.2) is 18.4 Å². The number of amides is 1. The summed E-state index contributed by atoms with van der Waals surface area (Å²) in [4.78, 5) is 46.9. The Bertz CT molecular complexity index is 2830. The Labute approximate surface area is 455 Å². The lowest BCUT2D eigenvalue weighted by atomic mass is 9.67. The third kappa shape index (κ3) is 12.1. The summed E-state index contributed by atoms with van der Waals surface area (Å²) >= 11 is 0. The average molecular weight is 1080 g/mol. The van der Waals surface area contributed by atoms with Gasteiger partial charge in [-0.05, 0) is 151 Å². The maximum absolute atomic E-state index is 18.2. The second-order valence-corrected chi connectivity index (χ2v) is 30.3. The highest BCUT2D eigenvalue weighted by molar-refractivity contribution is 6.90. The van der Waals surface area contributed by atoms with E-state index in [1.165, 1.54) is 13.2 Å². The number of rotatable bonds is 17. The van der Waals surface area contributed by atoms with Crippen molar-refractivity contribution in [1.29, 1.82) is 0 Å². The van der Waals surface area contributed by atoms with Gasteiger partial charge >= 0.3 is 18.1 Å². The number of aromatic nitrogens is 3. The molecule has 0 radical (unpaired) electrons. The van der Waals surface area contributed by atoms with Crippen molar-refractivity contribution in [2.45, 2.75) is 174 Å². The Morgan fingerprint density at radius 2 is 1.56 bits per heavy atom. The van der Waals surface area contributed by atoms with Gasteiger partial charge in [0.25, 0.3) is 0 Å². The van der Waals surface area contributed by atoms with Crippen molar-refractivity contribution in [3.63, 3.8) is 0 Å². The number of benzene rings is 2. The molecule has 2 aliphatic carbocycles. The summed E-state index contributed by atoms with van der Waals surface area (Å²) in [5, 5.41) is 1.44. The zero-order valence-electron chi connectivity index (χ0n) is 47.5. The van der Waals surface area contributed by atoms with Crippen molar-refractivity contribution in [2.24, 2.45) is 10.8 Å². The van der Waals surface area contributed by atoms with Gasteiger partial charge in [0.05, 0.1) is 42.4 Å². The highest BCUT2D eigenvalue weighted by Gasteiger charge is 2.48. The number of pyridine rings is 1. The van der Waals surface area contributed by atoms with E-state index in [-0.39, 0.29) is 71.8 Å². The number of methoxy groups -OCH3 is 1. The normalized spacial score (nSPS) is 20.6. The van der Waals surface area contributed by atoms with Crippen LogP contribution >= 0.6 is 0 Å². The molecular weight excluding hydrogens is 999 g/mol. The first kappa shape index (κ1) is 56.6.